The van der Waals surface area contributed by atoms with Gasteiger partial charge in [-0.15, -0.1) is 0 Å². The number of nitrogens with zero attached hydrogens (tertiary/aromatic N) is 3. The van der Waals surface area contributed by atoms with Crippen LogP contribution in [0.1, 0.15) is 5.82 Å². The van der Waals surface area contributed by atoms with E-state index in [1.54, 1.807) is 6.92 Å². The van der Waals surface area contributed by atoms with E-state index in [1.165, 1.54) is 17.9 Å². The molecule has 0 bridgehead atoms. The molecule has 0 aliphatic carbocycles. The van der Waals surface area contributed by atoms with Crippen LogP contribution < -0.4 is 5.23 Å². The first kappa shape index (κ1) is 16.1. The monoisotopic (exact) mass is 304 g/mol. The number of hydrogen-bond donors (Lipinski definition) is 4. The van der Waals surface area contributed by atoms with Crippen molar-refractivity contribution >= 4 is 5.82 Å². The SMILES string of the molecule is COC1OC(Cn2cc(N([O-])O)nc2C)C(O)C(O)C1O. The molecule has 0 aromatic carbocycles. The zero-order chi connectivity index (χ0) is 15.7. The Morgan fingerprint density at radius 1 is 1.38 bits per heavy atom. The Morgan fingerprint density at radius 2 is 2.05 bits per heavy atom. The first-order valence-corrected chi connectivity index (χ1v) is 6.27. The number of aliphatic hydroxyl groups excluding tert-OH is 3. The van der Waals surface area contributed by atoms with Crippen molar-refractivity contribution in [3.05, 3.63) is 17.2 Å². The van der Waals surface area contributed by atoms with Crippen LogP contribution in [0, 0.1) is 12.1 Å². The summed E-state index contributed by atoms with van der Waals surface area (Å²) < 4.78 is 11.7. The number of anilines is 1. The van der Waals surface area contributed by atoms with E-state index in [2.05, 4.69) is 4.98 Å². The fourth-order valence-corrected chi connectivity index (χ4v) is 2.22. The van der Waals surface area contributed by atoms with E-state index < -0.39 is 30.7 Å². The minimum atomic E-state index is -1.43. The second kappa shape index (κ2) is 6.23. The van der Waals surface area contributed by atoms with Gasteiger partial charge in [0.05, 0.1) is 6.54 Å². The minimum Gasteiger partial charge on any atom is -0.732 e. The van der Waals surface area contributed by atoms with Crippen LogP contribution in [0.4, 0.5) is 5.82 Å². The summed E-state index contributed by atoms with van der Waals surface area (Å²) in [6.07, 6.45) is -4.81. The molecule has 10 nitrogen and oxygen atoms in total. The van der Waals surface area contributed by atoms with E-state index in [1.807, 2.05) is 0 Å². The van der Waals surface area contributed by atoms with Crippen molar-refractivity contribution in [2.24, 2.45) is 0 Å². The van der Waals surface area contributed by atoms with Crippen molar-refractivity contribution in [3.8, 4) is 0 Å². The molecule has 10 heteroatoms. The predicted octanol–water partition coefficient (Wildman–Crippen LogP) is -1.66. The van der Waals surface area contributed by atoms with Gasteiger partial charge in [0.15, 0.2) is 12.1 Å². The van der Waals surface area contributed by atoms with E-state index in [0.29, 0.717) is 5.82 Å². The van der Waals surface area contributed by atoms with Crippen molar-refractivity contribution in [3.63, 3.8) is 0 Å². The zero-order valence-corrected chi connectivity index (χ0v) is 11.5. The lowest BCUT2D eigenvalue weighted by atomic mass is 9.99. The van der Waals surface area contributed by atoms with Gasteiger partial charge < -0.3 is 39.8 Å². The lowest BCUT2D eigenvalue weighted by Gasteiger charge is -2.39. The first-order chi connectivity index (χ1) is 9.85. The van der Waals surface area contributed by atoms with Gasteiger partial charge in [0, 0.05) is 13.3 Å². The van der Waals surface area contributed by atoms with Crippen LogP contribution in [0.3, 0.4) is 0 Å². The van der Waals surface area contributed by atoms with Gasteiger partial charge in [-0.2, -0.15) is 0 Å². The smallest absolute Gasteiger partial charge is 0.186 e. The van der Waals surface area contributed by atoms with Crippen LogP contribution in [0.25, 0.3) is 0 Å². The van der Waals surface area contributed by atoms with E-state index in [9.17, 15) is 20.5 Å². The molecule has 1 aromatic rings. The maximum atomic E-state index is 10.8. The number of aromatic nitrogens is 2. The number of methoxy groups -OCH3 is 1. The topological polar surface area (TPSA) is 144 Å². The second-order valence-corrected chi connectivity index (χ2v) is 4.82. The molecule has 0 saturated carbocycles. The number of aryl methyl sites for hydroxylation is 1. The van der Waals surface area contributed by atoms with E-state index in [0.717, 1.165) is 0 Å². The summed E-state index contributed by atoms with van der Waals surface area (Å²) in [6.45, 7) is 1.65. The minimum absolute atomic E-state index is 0.0531. The van der Waals surface area contributed by atoms with Gasteiger partial charge >= 0.3 is 0 Å². The fraction of sp³-hybridized carbons (Fsp3) is 0.727. The Morgan fingerprint density at radius 3 is 2.57 bits per heavy atom. The molecule has 120 valence electrons. The summed E-state index contributed by atoms with van der Waals surface area (Å²) in [7, 11) is 1.30. The van der Waals surface area contributed by atoms with Crippen LogP contribution in [0.5, 0.6) is 0 Å². The van der Waals surface area contributed by atoms with Gasteiger partial charge in [-0.25, -0.2) is 4.98 Å². The molecule has 1 fully saturated rings. The van der Waals surface area contributed by atoms with Crippen LogP contribution in [-0.2, 0) is 16.0 Å². The lowest BCUT2D eigenvalue weighted by Crippen LogP contribution is -2.58. The van der Waals surface area contributed by atoms with Gasteiger partial charge in [0.25, 0.3) is 0 Å². The summed E-state index contributed by atoms with van der Waals surface area (Å²) in [5.74, 6) is 0.201. The maximum absolute atomic E-state index is 10.8. The Balaban J connectivity index is 2.14. The second-order valence-electron chi connectivity index (χ2n) is 4.82. The Kier molecular flexibility index (Phi) is 4.78. The number of hydrogen-bond acceptors (Lipinski definition) is 9. The summed E-state index contributed by atoms with van der Waals surface area (Å²) >= 11 is 0. The Labute approximate surface area is 120 Å². The number of rotatable bonds is 4. The molecular weight excluding hydrogens is 286 g/mol. The van der Waals surface area contributed by atoms with Crippen molar-refractivity contribution < 1.29 is 30.0 Å². The highest BCUT2D eigenvalue weighted by Crippen LogP contribution is 2.24. The van der Waals surface area contributed by atoms with Gasteiger partial charge in [-0.05, 0) is 6.92 Å². The average Bonchev–Trinajstić information content (AvgIpc) is 2.81. The molecule has 5 unspecified atom stereocenters. The molecule has 1 aliphatic rings. The molecule has 0 amide bonds. The summed E-state index contributed by atoms with van der Waals surface area (Å²) in [5.41, 5.74) is 0. The molecule has 0 radical (unpaired) electrons. The van der Waals surface area contributed by atoms with E-state index in [-0.39, 0.29) is 17.6 Å². The number of imidazole rings is 1. The molecule has 1 aliphatic heterocycles. The molecular formula is C11H18N3O7-. The average molecular weight is 304 g/mol. The third kappa shape index (κ3) is 3.16. The summed E-state index contributed by atoms with van der Waals surface area (Å²) in [5, 5.41) is 48.6. The molecule has 21 heavy (non-hydrogen) atoms. The van der Waals surface area contributed by atoms with Gasteiger partial charge in [0.1, 0.15) is 30.2 Å². The highest BCUT2D eigenvalue weighted by molar-refractivity contribution is 5.34. The standard InChI is InChI=1S/C11H18N3O7/c1-5-12-7(14(18)19)4-13(5)3-6-8(15)9(16)10(17)11(20-2)21-6/h4,6,8-11,15-18H,3H2,1-2H3/q-1. The highest BCUT2D eigenvalue weighted by Gasteiger charge is 2.44. The Bertz CT molecular complexity index is 478. The zero-order valence-electron chi connectivity index (χ0n) is 11.5. The highest BCUT2D eigenvalue weighted by atomic mass is 16.8. The Hall–Kier alpha value is -1.27. The van der Waals surface area contributed by atoms with Crippen LogP contribution in [0.2, 0.25) is 0 Å². The molecule has 1 aromatic heterocycles. The number of ether oxygens (including phenoxy) is 2. The van der Waals surface area contributed by atoms with Crippen molar-refractivity contribution in [2.45, 2.75) is 44.2 Å². The van der Waals surface area contributed by atoms with Crippen molar-refractivity contribution in [1.29, 1.82) is 0 Å². The predicted molar refractivity (Wildman–Crippen MR) is 68.3 cm³/mol. The molecule has 1 saturated heterocycles. The molecule has 4 N–H and O–H groups in total. The molecule has 2 heterocycles. The summed E-state index contributed by atoms with van der Waals surface area (Å²) in [4.78, 5) is 3.82. The van der Waals surface area contributed by atoms with Crippen LogP contribution >= 0.6 is 0 Å². The number of aliphatic hydroxyl groups is 3. The van der Waals surface area contributed by atoms with E-state index >= 15 is 0 Å². The van der Waals surface area contributed by atoms with Gasteiger partial charge in [-0.3, -0.25) is 5.21 Å². The molecule has 2 rings (SSSR count). The third-order valence-corrected chi connectivity index (χ3v) is 3.44. The van der Waals surface area contributed by atoms with Gasteiger partial charge in [-0.1, -0.05) is 0 Å². The first-order valence-electron chi connectivity index (χ1n) is 6.27. The molecule has 5 atom stereocenters. The quantitative estimate of drug-likeness (QED) is 0.480. The van der Waals surface area contributed by atoms with Crippen LogP contribution in [0.15, 0.2) is 6.20 Å². The van der Waals surface area contributed by atoms with E-state index in [4.69, 9.17) is 14.7 Å². The maximum Gasteiger partial charge on any atom is 0.186 e. The fourth-order valence-electron chi connectivity index (χ4n) is 2.22. The summed E-state index contributed by atoms with van der Waals surface area (Å²) in [6, 6.07) is 0. The van der Waals surface area contributed by atoms with Crippen molar-refractivity contribution in [2.75, 3.05) is 12.3 Å². The lowest BCUT2D eigenvalue weighted by molar-refractivity contribution is -0.291. The van der Waals surface area contributed by atoms with Crippen LogP contribution in [-0.4, -0.2) is 67.9 Å². The third-order valence-electron chi connectivity index (χ3n) is 3.44. The van der Waals surface area contributed by atoms with Crippen molar-refractivity contribution in [1.82, 2.24) is 9.55 Å². The largest absolute Gasteiger partial charge is 0.732 e. The van der Waals surface area contributed by atoms with Gasteiger partial charge in [0.2, 0.25) is 0 Å². The molecule has 0 spiro atoms. The normalized spacial score (nSPS) is 33.2.